The summed E-state index contributed by atoms with van der Waals surface area (Å²) in [5.74, 6) is -2.71. The molecule has 11 heteroatoms. The van der Waals surface area contributed by atoms with Crippen molar-refractivity contribution in [1.82, 2.24) is 4.31 Å². The summed E-state index contributed by atoms with van der Waals surface area (Å²) in [4.78, 5) is 10.1. The highest BCUT2D eigenvalue weighted by atomic mass is 32.2. The molecule has 0 radical (unpaired) electrons. The summed E-state index contributed by atoms with van der Waals surface area (Å²) in [6, 6.07) is 2.58. The van der Waals surface area contributed by atoms with Crippen molar-refractivity contribution in [1.29, 1.82) is 0 Å². The molecular formula is C11H15FN2O6S2. The summed E-state index contributed by atoms with van der Waals surface area (Å²) >= 11 is 0. The monoisotopic (exact) mass is 354 g/mol. The molecule has 0 aliphatic carbocycles. The summed E-state index contributed by atoms with van der Waals surface area (Å²) < 4.78 is 63.1. The van der Waals surface area contributed by atoms with E-state index < -0.39 is 43.3 Å². The van der Waals surface area contributed by atoms with Gasteiger partial charge in [0.15, 0.2) is 0 Å². The van der Waals surface area contributed by atoms with Crippen LogP contribution in [0.5, 0.6) is 0 Å². The van der Waals surface area contributed by atoms with E-state index in [-0.39, 0.29) is 11.4 Å². The van der Waals surface area contributed by atoms with Crippen molar-refractivity contribution < 1.29 is 31.1 Å². The largest absolute Gasteiger partial charge is 0.480 e. The van der Waals surface area contributed by atoms with Gasteiger partial charge in [0, 0.05) is 7.05 Å². The Balaban J connectivity index is 3.15. The first kappa shape index (κ1) is 18.3. The number of sulfonamides is 2. The standard InChI is InChI=1S/C11H15FN2O6S2/c1-3-21(17,18)13-10-5-4-8(6-9(10)12)22(19,20)14(2)7-11(15)16/h4-6,13H,3,7H2,1-2H3,(H,15,16). The Labute approximate surface area is 127 Å². The SMILES string of the molecule is CCS(=O)(=O)Nc1ccc(S(=O)(=O)N(C)CC(=O)O)cc1F. The van der Waals surface area contributed by atoms with E-state index in [1.54, 1.807) is 0 Å². The number of nitrogens with zero attached hydrogens (tertiary/aromatic N) is 1. The van der Waals surface area contributed by atoms with E-state index in [0.717, 1.165) is 19.2 Å². The van der Waals surface area contributed by atoms with Gasteiger partial charge in [-0.25, -0.2) is 21.2 Å². The van der Waals surface area contributed by atoms with Crippen LogP contribution in [0.2, 0.25) is 0 Å². The number of benzene rings is 1. The van der Waals surface area contributed by atoms with Gasteiger partial charge in [0.1, 0.15) is 12.4 Å². The van der Waals surface area contributed by atoms with Crippen molar-refractivity contribution >= 4 is 31.7 Å². The number of carbonyl (C=O) groups is 1. The summed E-state index contributed by atoms with van der Waals surface area (Å²) in [6.45, 7) is 0.577. The summed E-state index contributed by atoms with van der Waals surface area (Å²) in [5.41, 5.74) is -0.387. The van der Waals surface area contributed by atoms with Gasteiger partial charge in [-0.1, -0.05) is 0 Å². The van der Waals surface area contributed by atoms with Gasteiger partial charge in [0.25, 0.3) is 0 Å². The second-order valence-electron chi connectivity index (χ2n) is 4.30. The lowest BCUT2D eigenvalue weighted by molar-refractivity contribution is -0.137. The predicted octanol–water partition coefficient (Wildman–Crippen LogP) is 0.292. The number of nitrogens with one attached hydrogen (secondary N) is 1. The van der Waals surface area contributed by atoms with Gasteiger partial charge >= 0.3 is 5.97 Å². The molecule has 0 aliphatic rings. The second-order valence-corrected chi connectivity index (χ2v) is 8.36. The maximum atomic E-state index is 13.8. The number of carboxylic acids is 1. The average Bonchev–Trinajstić information content (AvgIpc) is 2.40. The molecule has 0 saturated carbocycles. The Bertz CT molecular complexity index is 776. The molecule has 22 heavy (non-hydrogen) atoms. The van der Waals surface area contributed by atoms with Crippen LogP contribution in [0, 0.1) is 5.82 Å². The van der Waals surface area contributed by atoms with Gasteiger partial charge in [-0.05, 0) is 25.1 Å². The molecule has 2 N–H and O–H groups in total. The Morgan fingerprint density at radius 2 is 1.91 bits per heavy atom. The molecule has 0 saturated heterocycles. The smallest absolute Gasteiger partial charge is 0.318 e. The van der Waals surface area contributed by atoms with E-state index in [4.69, 9.17) is 5.11 Å². The zero-order valence-corrected chi connectivity index (χ0v) is 13.4. The number of likely N-dealkylation sites (N-methyl/N-ethyl adjacent to an activating group) is 1. The first-order valence-electron chi connectivity index (χ1n) is 5.98. The van der Waals surface area contributed by atoms with E-state index >= 15 is 0 Å². The van der Waals surface area contributed by atoms with Crippen molar-refractivity contribution in [2.45, 2.75) is 11.8 Å². The molecule has 0 amide bonds. The lowest BCUT2D eigenvalue weighted by Gasteiger charge is -2.15. The maximum Gasteiger partial charge on any atom is 0.318 e. The molecule has 8 nitrogen and oxygen atoms in total. The van der Waals surface area contributed by atoms with Gasteiger partial charge in [-0.2, -0.15) is 4.31 Å². The van der Waals surface area contributed by atoms with Gasteiger partial charge in [-0.15, -0.1) is 0 Å². The lowest BCUT2D eigenvalue weighted by Crippen LogP contribution is -2.32. The van der Waals surface area contributed by atoms with Crippen LogP contribution < -0.4 is 4.72 Å². The Morgan fingerprint density at radius 1 is 1.32 bits per heavy atom. The molecular weight excluding hydrogens is 339 g/mol. The minimum Gasteiger partial charge on any atom is -0.480 e. The van der Waals surface area contributed by atoms with Crippen molar-refractivity contribution in [2.75, 3.05) is 24.1 Å². The predicted molar refractivity (Wildman–Crippen MR) is 76.9 cm³/mol. The van der Waals surface area contributed by atoms with Gasteiger partial charge in [-0.3, -0.25) is 9.52 Å². The second kappa shape index (κ2) is 6.58. The fourth-order valence-corrected chi connectivity index (χ4v) is 3.21. The molecule has 1 aromatic rings. The van der Waals surface area contributed by atoms with E-state index in [1.807, 2.05) is 4.72 Å². The number of halogens is 1. The summed E-state index contributed by atoms with van der Waals surface area (Å²) in [5, 5.41) is 8.59. The van der Waals surface area contributed by atoms with E-state index in [2.05, 4.69) is 0 Å². The van der Waals surface area contributed by atoms with Crippen LogP contribution in [-0.4, -0.2) is 51.6 Å². The Morgan fingerprint density at radius 3 is 2.36 bits per heavy atom. The number of hydrogen-bond donors (Lipinski definition) is 2. The number of rotatable bonds is 7. The van der Waals surface area contributed by atoms with Crippen molar-refractivity contribution in [3.05, 3.63) is 24.0 Å². The van der Waals surface area contributed by atoms with Crippen LogP contribution in [-0.2, 0) is 24.8 Å². The third-order valence-electron chi connectivity index (χ3n) is 2.65. The number of anilines is 1. The Kier molecular flexibility index (Phi) is 5.49. The lowest BCUT2D eigenvalue weighted by atomic mass is 10.3. The van der Waals surface area contributed by atoms with E-state index in [9.17, 15) is 26.0 Å². The normalized spacial score (nSPS) is 12.4. The molecule has 0 atom stereocenters. The quantitative estimate of drug-likeness (QED) is 0.726. The molecule has 0 spiro atoms. The number of carboxylic acid groups (broad SMARTS) is 1. The highest BCUT2D eigenvalue weighted by Gasteiger charge is 2.24. The topological polar surface area (TPSA) is 121 Å². The van der Waals surface area contributed by atoms with Crippen LogP contribution in [0.25, 0.3) is 0 Å². The zero-order chi connectivity index (χ0) is 17.1. The molecule has 0 aliphatic heterocycles. The van der Waals surface area contributed by atoms with Crippen molar-refractivity contribution in [2.24, 2.45) is 0 Å². The van der Waals surface area contributed by atoms with Crippen LogP contribution >= 0.6 is 0 Å². The molecule has 0 unspecified atom stereocenters. The third-order valence-corrected chi connectivity index (χ3v) is 5.74. The van der Waals surface area contributed by atoms with Crippen LogP contribution in [0.15, 0.2) is 23.1 Å². The first-order chi connectivity index (χ1) is 9.99. The van der Waals surface area contributed by atoms with E-state index in [1.165, 1.54) is 6.92 Å². The maximum absolute atomic E-state index is 13.8. The molecule has 1 rings (SSSR count). The fourth-order valence-electron chi connectivity index (χ4n) is 1.43. The zero-order valence-electron chi connectivity index (χ0n) is 11.8. The highest BCUT2D eigenvalue weighted by molar-refractivity contribution is 7.92. The molecule has 124 valence electrons. The number of hydrogen-bond acceptors (Lipinski definition) is 5. The summed E-state index contributed by atoms with van der Waals surface area (Å²) in [7, 11) is -6.85. The van der Waals surface area contributed by atoms with Crippen LogP contribution in [0.3, 0.4) is 0 Å². The average molecular weight is 354 g/mol. The molecule has 0 fully saturated rings. The Hall–Kier alpha value is -1.72. The molecule has 0 aromatic heterocycles. The van der Waals surface area contributed by atoms with Crippen LogP contribution in [0.4, 0.5) is 10.1 Å². The van der Waals surface area contributed by atoms with Crippen molar-refractivity contribution in [3.63, 3.8) is 0 Å². The molecule has 0 heterocycles. The summed E-state index contributed by atoms with van der Waals surface area (Å²) in [6.07, 6.45) is 0. The van der Waals surface area contributed by atoms with Crippen LogP contribution in [0.1, 0.15) is 6.92 Å². The molecule has 1 aromatic carbocycles. The van der Waals surface area contributed by atoms with Gasteiger partial charge in [0.05, 0.1) is 16.3 Å². The van der Waals surface area contributed by atoms with E-state index in [0.29, 0.717) is 10.4 Å². The minimum absolute atomic E-state index is 0.270. The number of aliphatic carboxylic acids is 1. The van der Waals surface area contributed by atoms with Crippen molar-refractivity contribution in [3.8, 4) is 0 Å². The van der Waals surface area contributed by atoms with Gasteiger partial charge in [0.2, 0.25) is 20.0 Å². The first-order valence-corrected chi connectivity index (χ1v) is 9.07. The third kappa shape index (κ3) is 4.39. The van der Waals surface area contributed by atoms with Gasteiger partial charge < -0.3 is 5.11 Å². The molecule has 0 bridgehead atoms. The highest BCUT2D eigenvalue weighted by Crippen LogP contribution is 2.22. The minimum atomic E-state index is -4.19. The fraction of sp³-hybridized carbons (Fsp3) is 0.364.